The molecule has 0 radical (unpaired) electrons. The van der Waals surface area contributed by atoms with Crippen molar-refractivity contribution in [1.82, 2.24) is 25.7 Å². The second-order valence-electron chi connectivity index (χ2n) is 17.4. The highest BCUT2D eigenvalue weighted by atomic mass is 32.2. The third kappa shape index (κ3) is 12.9. The standard InChI is InChI=1S/C46H59N5O9S/c1-9-17-34-41(52)51-61(56,57)25-16-11-10-13-20-30-26-31(39(42(53)48-34)49-43(54)40(45(2,3)4)50-44(55)60-46(5,6)7)21-24-37(30)59-38-28-35(29-18-14-12-15-19-29)47-36-27-32(58-8)22-23-33(36)38/h12,14-15,18-19,21-24,26-28,34,39-40H,9-11,13,16-17,20,25H2,1-8H3,(H,48,53)(H,49,54)(H,50,55)(H,51,52)/t34-,39-,40+/m0/s1. The summed E-state index contributed by atoms with van der Waals surface area (Å²) in [6.07, 6.45) is 2.50. The minimum absolute atomic E-state index is 0.132. The van der Waals surface area contributed by atoms with Gasteiger partial charge in [-0.15, -0.1) is 0 Å². The van der Waals surface area contributed by atoms with Crippen LogP contribution >= 0.6 is 0 Å². The Hall–Kier alpha value is -5.70. The number of rotatable bonds is 9. The first-order chi connectivity index (χ1) is 28.8. The van der Waals surface area contributed by atoms with E-state index < -0.39 is 63.0 Å². The van der Waals surface area contributed by atoms with E-state index in [2.05, 4.69) is 20.7 Å². The highest BCUT2D eigenvalue weighted by Gasteiger charge is 2.38. The van der Waals surface area contributed by atoms with Crippen LogP contribution in [0.5, 0.6) is 17.2 Å². The van der Waals surface area contributed by atoms with E-state index in [9.17, 15) is 27.6 Å². The Kier molecular flexibility index (Phi) is 15.0. The lowest BCUT2D eigenvalue weighted by atomic mass is 9.86. The van der Waals surface area contributed by atoms with Gasteiger partial charge in [0.2, 0.25) is 21.8 Å². The molecule has 1 aliphatic heterocycles. The van der Waals surface area contributed by atoms with Crippen LogP contribution in [0.1, 0.15) is 104 Å². The molecule has 0 fully saturated rings. The number of carbonyl (C=O) groups is 4. The van der Waals surface area contributed by atoms with Crippen LogP contribution in [0.3, 0.4) is 0 Å². The van der Waals surface area contributed by atoms with Gasteiger partial charge in [0.25, 0.3) is 5.91 Å². The number of methoxy groups -OCH3 is 1. The van der Waals surface area contributed by atoms with E-state index in [1.807, 2.05) is 60.7 Å². The fourth-order valence-electron chi connectivity index (χ4n) is 7.01. The summed E-state index contributed by atoms with van der Waals surface area (Å²) in [4.78, 5) is 60.1. The van der Waals surface area contributed by atoms with Crippen LogP contribution < -0.4 is 30.1 Å². The van der Waals surface area contributed by atoms with E-state index in [1.165, 1.54) is 0 Å². The number of aromatic nitrogens is 1. The average Bonchev–Trinajstić information content (AvgIpc) is 3.18. The molecule has 4 N–H and O–H groups in total. The zero-order valence-electron chi connectivity index (χ0n) is 36.3. The minimum Gasteiger partial charge on any atom is -0.497 e. The Labute approximate surface area is 359 Å². The van der Waals surface area contributed by atoms with E-state index in [0.29, 0.717) is 72.5 Å². The Bertz CT molecular complexity index is 2320. The zero-order valence-corrected chi connectivity index (χ0v) is 37.2. The molecule has 328 valence electrons. The van der Waals surface area contributed by atoms with Crippen LogP contribution in [0.15, 0.2) is 72.8 Å². The van der Waals surface area contributed by atoms with E-state index in [-0.39, 0.29) is 12.2 Å². The van der Waals surface area contributed by atoms with E-state index in [1.54, 1.807) is 67.7 Å². The number of alkyl carbamates (subject to hydrolysis) is 1. The third-order valence-electron chi connectivity index (χ3n) is 10.1. The van der Waals surface area contributed by atoms with Crippen LogP contribution in [0, 0.1) is 5.41 Å². The largest absolute Gasteiger partial charge is 0.497 e. The summed E-state index contributed by atoms with van der Waals surface area (Å²) in [6.45, 7) is 12.2. The summed E-state index contributed by atoms with van der Waals surface area (Å²) < 4.78 is 45.9. The monoisotopic (exact) mass is 857 g/mol. The normalized spacial score (nSPS) is 18.2. The number of nitrogens with one attached hydrogen (secondary N) is 4. The fraction of sp³-hybridized carbons (Fsp3) is 0.457. The van der Waals surface area contributed by atoms with Gasteiger partial charge in [0.1, 0.15) is 41.0 Å². The summed E-state index contributed by atoms with van der Waals surface area (Å²) in [5.74, 6) is -0.885. The topological polar surface area (TPSA) is 191 Å². The first-order valence-electron chi connectivity index (χ1n) is 20.8. The number of carbonyl (C=O) groups excluding carboxylic acids is 4. The highest BCUT2D eigenvalue weighted by Crippen LogP contribution is 2.37. The van der Waals surface area contributed by atoms with Gasteiger partial charge in [-0.05, 0) is 87.3 Å². The quantitative estimate of drug-likeness (QED) is 0.130. The van der Waals surface area contributed by atoms with Gasteiger partial charge in [-0.1, -0.05) is 83.4 Å². The Morgan fingerprint density at radius 1 is 0.885 bits per heavy atom. The summed E-state index contributed by atoms with van der Waals surface area (Å²) in [7, 11) is -2.40. The van der Waals surface area contributed by atoms with Crippen LogP contribution in [0.25, 0.3) is 22.2 Å². The number of aryl methyl sites for hydroxylation is 1. The maximum Gasteiger partial charge on any atom is 0.408 e. The molecular formula is C46H59N5O9S. The van der Waals surface area contributed by atoms with Gasteiger partial charge in [0.15, 0.2) is 0 Å². The molecule has 0 unspecified atom stereocenters. The molecule has 3 atom stereocenters. The predicted octanol–water partition coefficient (Wildman–Crippen LogP) is 7.65. The molecule has 0 saturated carbocycles. The lowest BCUT2D eigenvalue weighted by molar-refractivity contribution is -0.133. The maximum absolute atomic E-state index is 14.5. The van der Waals surface area contributed by atoms with Crippen LogP contribution in [-0.2, 0) is 35.6 Å². The highest BCUT2D eigenvalue weighted by molar-refractivity contribution is 7.90. The maximum atomic E-state index is 14.5. The number of nitrogens with zero attached hydrogens (tertiary/aromatic N) is 1. The molecule has 2 heterocycles. The molecule has 4 amide bonds. The first-order valence-corrected chi connectivity index (χ1v) is 22.4. The molecule has 3 aromatic carbocycles. The Morgan fingerprint density at radius 2 is 1.61 bits per heavy atom. The molecule has 15 heteroatoms. The van der Waals surface area contributed by atoms with E-state index in [0.717, 1.165) is 16.5 Å². The molecule has 5 rings (SSSR count). The van der Waals surface area contributed by atoms with Crippen molar-refractivity contribution in [3.8, 4) is 28.5 Å². The number of amides is 4. The van der Waals surface area contributed by atoms with Crippen molar-refractivity contribution >= 4 is 44.7 Å². The van der Waals surface area contributed by atoms with Crippen molar-refractivity contribution in [2.75, 3.05) is 12.9 Å². The first kappa shape index (κ1) is 46.4. The van der Waals surface area contributed by atoms with Crippen molar-refractivity contribution in [2.24, 2.45) is 5.41 Å². The average molecular weight is 858 g/mol. The third-order valence-corrected chi connectivity index (χ3v) is 11.4. The zero-order chi connectivity index (χ0) is 44.5. The minimum atomic E-state index is -3.99. The second-order valence-corrected chi connectivity index (χ2v) is 19.3. The van der Waals surface area contributed by atoms with Gasteiger partial charge in [0.05, 0.1) is 24.1 Å². The van der Waals surface area contributed by atoms with Gasteiger partial charge in [-0.25, -0.2) is 18.2 Å². The smallest absolute Gasteiger partial charge is 0.408 e. The molecule has 1 aromatic heterocycles. The number of benzene rings is 3. The van der Waals surface area contributed by atoms with Crippen molar-refractivity contribution in [3.05, 3.63) is 83.9 Å². The molecule has 0 saturated heterocycles. The predicted molar refractivity (Wildman–Crippen MR) is 235 cm³/mol. The lowest BCUT2D eigenvalue weighted by Gasteiger charge is -2.33. The van der Waals surface area contributed by atoms with Crippen molar-refractivity contribution < 1.29 is 41.8 Å². The van der Waals surface area contributed by atoms with Crippen molar-refractivity contribution in [3.63, 3.8) is 0 Å². The summed E-state index contributed by atoms with van der Waals surface area (Å²) >= 11 is 0. The van der Waals surface area contributed by atoms with Crippen LogP contribution in [0.4, 0.5) is 4.79 Å². The second kappa shape index (κ2) is 19.8. The Morgan fingerprint density at radius 3 is 2.28 bits per heavy atom. The molecule has 2 bridgehead atoms. The van der Waals surface area contributed by atoms with Crippen LogP contribution in [0.2, 0.25) is 0 Å². The van der Waals surface area contributed by atoms with Gasteiger partial charge in [0, 0.05) is 23.1 Å². The lowest BCUT2D eigenvalue weighted by Crippen LogP contribution is -2.57. The summed E-state index contributed by atoms with van der Waals surface area (Å²) in [6, 6.07) is 18.6. The molecular weight excluding hydrogens is 799 g/mol. The molecule has 1 aliphatic rings. The van der Waals surface area contributed by atoms with Crippen LogP contribution in [-0.4, -0.2) is 67.8 Å². The van der Waals surface area contributed by atoms with Crippen molar-refractivity contribution in [1.29, 1.82) is 0 Å². The van der Waals surface area contributed by atoms with E-state index >= 15 is 0 Å². The SMILES string of the molecule is CCC[C@@H]1NC(=O)[C@@H](NC(=O)[C@@H](NC(=O)OC(C)(C)C)C(C)(C)C)c2ccc(Oc3cc(-c4ccccc4)nc4cc(OC)ccc34)c(c2)CCCCCCS(=O)(=O)NC1=O. The van der Waals surface area contributed by atoms with Gasteiger partial charge in [-0.3, -0.25) is 19.1 Å². The molecule has 4 aromatic rings. The van der Waals surface area contributed by atoms with Gasteiger partial charge < -0.3 is 30.2 Å². The molecule has 14 nitrogen and oxygen atoms in total. The number of hydrogen-bond acceptors (Lipinski definition) is 10. The summed E-state index contributed by atoms with van der Waals surface area (Å²) in [5, 5.41) is 8.97. The number of sulfonamides is 1. The van der Waals surface area contributed by atoms with E-state index in [4.69, 9.17) is 19.2 Å². The number of ether oxygens (including phenoxy) is 3. The molecule has 61 heavy (non-hydrogen) atoms. The number of hydrogen-bond donors (Lipinski definition) is 4. The fourth-order valence-corrected chi connectivity index (χ4v) is 8.15. The van der Waals surface area contributed by atoms with Crippen molar-refractivity contribution in [2.45, 2.75) is 117 Å². The number of pyridine rings is 1. The summed E-state index contributed by atoms with van der Waals surface area (Å²) in [5.41, 5.74) is 1.65. The van der Waals surface area contributed by atoms with Gasteiger partial charge >= 0.3 is 6.09 Å². The Balaban J connectivity index is 1.62. The van der Waals surface area contributed by atoms with Gasteiger partial charge in [-0.2, -0.15) is 0 Å². The molecule has 0 aliphatic carbocycles. The molecule has 0 spiro atoms. The number of fused-ring (bicyclic) bond motifs is 3.